The molecule has 0 radical (unpaired) electrons. The monoisotopic (exact) mass is 609 g/mol. The van der Waals surface area contributed by atoms with Gasteiger partial charge in [0.05, 0.1) is 10.6 Å². The molecule has 1 heterocycles. The Morgan fingerprint density at radius 3 is 2.32 bits per heavy atom. The average molecular weight is 610 g/mol. The van der Waals surface area contributed by atoms with Gasteiger partial charge >= 0.3 is 12.5 Å². The van der Waals surface area contributed by atoms with Gasteiger partial charge in [0.15, 0.2) is 0 Å². The Kier molecular flexibility index (Phi) is 10.4. The summed E-state index contributed by atoms with van der Waals surface area (Å²) in [6, 6.07) is 7.73. The van der Waals surface area contributed by atoms with E-state index in [1.807, 2.05) is 0 Å². The van der Waals surface area contributed by atoms with Crippen molar-refractivity contribution in [2.24, 2.45) is 5.92 Å². The molecule has 0 spiro atoms. The molecule has 1 atom stereocenters. The maximum absolute atomic E-state index is 14.0. The Hall–Kier alpha value is -3.19. The minimum absolute atomic E-state index is 0.0327. The zero-order valence-electron chi connectivity index (χ0n) is 22.0. The second-order valence-corrected chi connectivity index (χ2v) is 10.1. The number of rotatable bonds is 10. The number of halogens is 7. The number of hydrogen-bond donors (Lipinski definition) is 3. The molecule has 41 heavy (non-hydrogen) atoms. The molecule has 226 valence electrons. The lowest BCUT2D eigenvalue weighted by molar-refractivity contribution is -0.274. The minimum Gasteiger partial charge on any atom is -0.406 e. The van der Waals surface area contributed by atoms with Crippen molar-refractivity contribution < 1.29 is 45.8 Å². The second-order valence-electron chi connectivity index (χ2n) is 9.72. The number of nitrogens with one attached hydrogen (secondary N) is 2. The number of benzene rings is 2. The van der Waals surface area contributed by atoms with Crippen molar-refractivity contribution in [2.75, 3.05) is 32.0 Å². The second kappa shape index (κ2) is 13.2. The molecule has 2 aromatic rings. The van der Waals surface area contributed by atoms with Crippen LogP contribution in [0.4, 0.5) is 32.0 Å². The van der Waals surface area contributed by atoms with Crippen LogP contribution in [-0.4, -0.2) is 61.0 Å². The van der Waals surface area contributed by atoms with Gasteiger partial charge in [-0.3, -0.25) is 9.59 Å². The Balaban J connectivity index is 1.51. The van der Waals surface area contributed by atoms with Gasteiger partial charge in [-0.1, -0.05) is 36.6 Å². The molecule has 0 aliphatic carbocycles. The van der Waals surface area contributed by atoms with Crippen molar-refractivity contribution in [1.82, 2.24) is 10.2 Å². The summed E-state index contributed by atoms with van der Waals surface area (Å²) < 4.78 is 83.4. The molecule has 2 amide bonds. The first kappa shape index (κ1) is 32.3. The number of ether oxygens (including phenoxy) is 1. The zero-order valence-corrected chi connectivity index (χ0v) is 22.8. The van der Waals surface area contributed by atoms with Gasteiger partial charge in [0.2, 0.25) is 0 Å². The lowest BCUT2D eigenvalue weighted by Gasteiger charge is -2.38. The molecule has 7 nitrogen and oxygen atoms in total. The fourth-order valence-corrected chi connectivity index (χ4v) is 4.98. The van der Waals surface area contributed by atoms with E-state index in [0.29, 0.717) is 36.0 Å². The number of amides is 2. The zero-order chi connectivity index (χ0) is 30.4. The first-order valence-electron chi connectivity index (χ1n) is 12.9. The Morgan fingerprint density at radius 2 is 1.73 bits per heavy atom. The average Bonchev–Trinajstić information content (AvgIpc) is 2.90. The third-order valence-electron chi connectivity index (χ3n) is 6.92. The lowest BCUT2D eigenvalue weighted by atomic mass is 9.87. The summed E-state index contributed by atoms with van der Waals surface area (Å²) in [4.78, 5) is 25.6. The van der Waals surface area contributed by atoms with E-state index >= 15 is 0 Å². The quantitative estimate of drug-likeness (QED) is 0.232. The summed E-state index contributed by atoms with van der Waals surface area (Å²) in [7, 11) is 1.51. The SMILES string of the molecule is CNC(=O)c1ccc(NCCCCC2CCN(C(=O)C(O)(c3cccc(OC(F)(F)F)c3)C(F)(F)F)CC2)cc1Cl. The van der Waals surface area contributed by atoms with Crippen LogP contribution < -0.4 is 15.4 Å². The predicted molar refractivity (Wildman–Crippen MR) is 140 cm³/mol. The summed E-state index contributed by atoms with van der Waals surface area (Å²) in [6.07, 6.45) is -7.43. The van der Waals surface area contributed by atoms with E-state index < -0.39 is 35.4 Å². The normalized spacial score (nSPS) is 16.2. The van der Waals surface area contributed by atoms with Crippen LogP contribution in [0.2, 0.25) is 5.02 Å². The van der Waals surface area contributed by atoms with Crippen LogP contribution in [0.25, 0.3) is 0 Å². The van der Waals surface area contributed by atoms with Crippen molar-refractivity contribution in [3.8, 4) is 5.75 Å². The number of anilines is 1. The molecule has 0 aromatic heterocycles. The highest BCUT2D eigenvalue weighted by atomic mass is 35.5. The molecule has 3 rings (SSSR count). The number of nitrogens with zero attached hydrogens (tertiary/aromatic N) is 1. The van der Waals surface area contributed by atoms with Crippen molar-refractivity contribution in [3.05, 3.63) is 58.6 Å². The molecular weight excluding hydrogens is 580 g/mol. The maximum Gasteiger partial charge on any atom is 0.573 e. The maximum atomic E-state index is 14.0. The molecule has 1 saturated heterocycles. The Bertz CT molecular complexity index is 1220. The first-order chi connectivity index (χ1) is 19.2. The van der Waals surface area contributed by atoms with E-state index in [1.54, 1.807) is 18.2 Å². The smallest absolute Gasteiger partial charge is 0.406 e. The van der Waals surface area contributed by atoms with E-state index in [-0.39, 0.29) is 24.9 Å². The van der Waals surface area contributed by atoms with Gasteiger partial charge in [-0.05, 0) is 55.5 Å². The van der Waals surface area contributed by atoms with Crippen LogP contribution in [0.3, 0.4) is 0 Å². The summed E-state index contributed by atoms with van der Waals surface area (Å²) in [6.45, 7) is 0.562. The van der Waals surface area contributed by atoms with Gasteiger partial charge in [0.1, 0.15) is 5.75 Å². The van der Waals surface area contributed by atoms with Gasteiger partial charge in [-0.2, -0.15) is 13.2 Å². The molecule has 1 fully saturated rings. The number of alkyl halides is 6. The molecule has 0 saturated carbocycles. The Labute approximate surface area is 237 Å². The highest BCUT2D eigenvalue weighted by molar-refractivity contribution is 6.34. The fraction of sp³-hybridized carbons (Fsp3) is 0.481. The molecular formula is C27H30ClF6N3O4. The van der Waals surface area contributed by atoms with Gasteiger partial charge < -0.3 is 25.4 Å². The van der Waals surface area contributed by atoms with Crippen molar-refractivity contribution in [3.63, 3.8) is 0 Å². The molecule has 0 bridgehead atoms. The lowest BCUT2D eigenvalue weighted by Crippen LogP contribution is -2.57. The third-order valence-corrected chi connectivity index (χ3v) is 7.23. The largest absolute Gasteiger partial charge is 0.573 e. The van der Waals surface area contributed by atoms with Crippen molar-refractivity contribution in [1.29, 1.82) is 0 Å². The van der Waals surface area contributed by atoms with E-state index in [2.05, 4.69) is 15.4 Å². The van der Waals surface area contributed by atoms with E-state index in [1.165, 1.54) is 7.05 Å². The standard InChI is InChI=1S/C27H30ClF6N3O4/c1-35-23(38)21-9-8-19(16-22(21)28)36-12-3-2-5-17-10-13-37(14-11-17)24(39)25(40,26(29,30)31)18-6-4-7-20(15-18)41-27(32,33)34/h4,6-9,15-17,36,40H,2-3,5,10-14H2,1H3,(H,35,38). The number of aliphatic hydroxyl groups is 1. The van der Waals surface area contributed by atoms with Crippen molar-refractivity contribution in [2.45, 2.75) is 50.2 Å². The molecule has 1 aliphatic rings. The van der Waals surface area contributed by atoms with E-state index in [9.17, 15) is 41.0 Å². The molecule has 14 heteroatoms. The topological polar surface area (TPSA) is 90.9 Å². The molecule has 3 N–H and O–H groups in total. The van der Waals surface area contributed by atoms with E-state index in [0.717, 1.165) is 48.0 Å². The molecule has 2 aromatic carbocycles. The highest BCUT2D eigenvalue weighted by Crippen LogP contribution is 2.42. The summed E-state index contributed by atoms with van der Waals surface area (Å²) in [5.41, 5.74) is -3.97. The highest BCUT2D eigenvalue weighted by Gasteiger charge is 2.62. The minimum atomic E-state index is -5.49. The number of unbranched alkanes of at least 4 members (excludes halogenated alkanes) is 1. The third kappa shape index (κ3) is 8.19. The van der Waals surface area contributed by atoms with Gasteiger partial charge in [-0.25, -0.2) is 0 Å². The predicted octanol–water partition coefficient (Wildman–Crippen LogP) is 5.87. The van der Waals surface area contributed by atoms with Crippen molar-refractivity contribution >= 4 is 29.1 Å². The van der Waals surface area contributed by atoms with Crippen LogP contribution in [0.15, 0.2) is 42.5 Å². The number of likely N-dealkylation sites (tertiary alicyclic amines) is 1. The molecule has 1 unspecified atom stereocenters. The van der Waals surface area contributed by atoms with Crippen LogP contribution in [0.1, 0.15) is 48.0 Å². The Morgan fingerprint density at radius 1 is 1.05 bits per heavy atom. The number of carbonyl (C=O) groups is 2. The van der Waals surface area contributed by atoms with Gasteiger partial charge in [-0.15, -0.1) is 13.2 Å². The van der Waals surface area contributed by atoms with E-state index in [4.69, 9.17) is 11.6 Å². The van der Waals surface area contributed by atoms with Gasteiger partial charge in [0, 0.05) is 37.9 Å². The van der Waals surface area contributed by atoms with Crippen LogP contribution in [0.5, 0.6) is 5.75 Å². The summed E-state index contributed by atoms with van der Waals surface area (Å²) >= 11 is 6.14. The number of hydrogen-bond acceptors (Lipinski definition) is 5. The summed E-state index contributed by atoms with van der Waals surface area (Å²) in [5.74, 6) is -2.76. The first-order valence-corrected chi connectivity index (χ1v) is 13.2. The fourth-order valence-electron chi connectivity index (χ4n) is 4.71. The van der Waals surface area contributed by atoms with Crippen LogP contribution in [0, 0.1) is 5.92 Å². The van der Waals surface area contributed by atoms with Crippen LogP contribution >= 0.6 is 11.6 Å². The number of piperidine rings is 1. The van der Waals surface area contributed by atoms with Gasteiger partial charge in [0.25, 0.3) is 17.4 Å². The molecule has 1 aliphatic heterocycles. The van der Waals surface area contributed by atoms with Crippen LogP contribution in [-0.2, 0) is 10.4 Å². The number of carbonyl (C=O) groups excluding carboxylic acids is 2. The summed E-state index contributed by atoms with van der Waals surface area (Å²) in [5, 5.41) is 16.6.